The summed E-state index contributed by atoms with van der Waals surface area (Å²) < 4.78 is 0. The predicted molar refractivity (Wildman–Crippen MR) is 124 cm³/mol. The molecule has 3 heterocycles. The average Bonchev–Trinajstić information content (AvgIpc) is 3.46. The van der Waals surface area contributed by atoms with Crippen LogP contribution >= 0.6 is 11.6 Å². The molecule has 6 rings (SSSR count). The summed E-state index contributed by atoms with van der Waals surface area (Å²) in [5.74, 6) is 0.660. The number of benzene rings is 2. The van der Waals surface area contributed by atoms with Crippen molar-refractivity contribution in [3.05, 3.63) is 81.7 Å². The third-order valence-corrected chi connectivity index (χ3v) is 6.31. The van der Waals surface area contributed by atoms with Crippen molar-refractivity contribution in [3.63, 3.8) is 0 Å². The van der Waals surface area contributed by atoms with Gasteiger partial charge in [-0.3, -0.25) is 9.89 Å². The molecule has 3 aromatic heterocycles. The molecular formula is C25H19ClN4O. The number of hydrogen-bond acceptors (Lipinski definition) is 3. The van der Waals surface area contributed by atoms with Crippen LogP contribution in [0.5, 0.6) is 0 Å². The Bertz CT molecular complexity index is 1500. The minimum Gasteiger partial charge on any atom is -0.307 e. The van der Waals surface area contributed by atoms with E-state index in [2.05, 4.69) is 33.4 Å². The van der Waals surface area contributed by atoms with Crippen molar-refractivity contribution < 1.29 is 0 Å². The van der Waals surface area contributed by atoms with E-state index >= 15 is 0 Å². The van der Waals surface area contributed by atoms with Crippen molar-refractivity contribution in [2.24, 2.45) is 5.92 Å². The van der Waals surface area contributed by atoms with Crippen LogP contribution in [0, 0.1) is 5.92 Å². The second-order valence-electron chi connectivity index (χ2n) is 8.20. The summed E-state index contributed by atoms with van der Waals surface area (Å²) in [6, 6.07) is 17.7. The summed E-state index contributed by atoms with van der Waals surface area (Å²) in [5.41, 5.74) is 6.45. The number of hydrogen-bond donors (Lipinski definition) is 2. The second-order valence-corrected chi connectivity index (χ2v) is 8.61. The van der Waals surface area contributed by atoms with Gasteiger partial charge in [-0.15, -0.1) is 0 Å². The monoisotopic (exact) mass is 426 g/mol. The highest BCUT2D eigenvalue weighted by Gasteiger charge is 2.27. The van der Waals surface area contributed by atoms with Crippen LogP contribution in [-0.4, -0.2) is 20.2 Å². The first-order valence-electron chi connectivity index (χ1n) is 10.4. The molecule has 0 saturated heterocycles. The predicted octanol–water partition coefficient (Wildman–Crippen LogP) is 5.74. The van der Waals surface area contributed by atoms with E-state index in [1.807, 2.05) is 30.3 Å². The zero-order valence-electron chi connectivity index (χ0n) is 16.7. The molecule has 0 unspecified atom stereocenters. The fourth-order valence-corrected chi connectivity index (χ4v) is 4.61. The van der Waals surface area contributed by atoms with Crippen molar-refractivity contribution in [1.82, 2.24) is 20.2 Å². The summed E-state index contributed by atoms with van der Waals surface area (Å²) in [6.45, 7) is 0. The van der Waals surface area contributed by atoms with Gasteiger partial charge in [0.15, 0.2) is 0 Å². The van der Waals surface area contributed by atoms with Gasteiger partial charge in [0.1, 0.15) is 5.65 Å². The first kappa shape index (κ1) is 18.3. The van der Waals surface area contributed by atoms with Crippen LogP contribution in [0.4, 0.5) is 0 Å². The lowest BCUT2D eigenvalue weighted by molar-refractivity contribution is 0.838. The fraction of sp³-hybridized carbons (Fsp3) is 0.160. The van der Waals surface area contributed by atoms with E-state index in [9.17, 15) is 4.79 Å². The summed E-state index contributed by atoms with van der Waals surface area (Å²) in [5, 5.41) is 9.70. The first-order chi connectivity index (χ1) is 15.2. The summed E-state index contributed by atoms with van der Waals surface area (Å²) >= 11 is 6.62. The Balaban J connectivity index is 1.74. The van der Waals surface area contributed by atoms with Gasteiger partial charge in [-0.1, -0.05) is 41.9 Å². The number of rotatable bonds is 4. The number of aromatic amines is 2. The number of fused-ring (bicyclic) bond motifs is 2. The van der Waals surface area contributed by atoms with E-state index in [4.69, 9.17) is 16.6 Å². The molecule has 0 aliphatic heterocycles. The molecule has 0 radical (unpaired) electrons. The van der Waals surface area contributed by atoms with Crippen molar-refractivity contribution in [2.75, 3.05) is 0 Å². The Morgan fingerprint density at radius 2 is 1.87 bits per heavy atom. The molecule has 0 amide bonds. The van der Waals surface area contributed by atoms with E-state index in [-0.39, 0.29) is 5.56 Å². The van der Waals surface area contributed by atoms with Gasteiger partial charge in [0.25, 0.3) is 0 Å². The van der Waals surface area contributed by atoms with E-state index in [1.54, 1.807) is 12.3 Å². The highest BCUT2D eigenvalue weighted by Crippen LogP contribution is 2.43. The number of pyridine rings is 2. The minimum absolute atomic E-state index is 0.146. The molecule has 31 heavy (non-hydrogen) atoms. The molecule has 1 saturated carbocycles. The largest absolute Gasteiger partial charge is 0.307 e. The van der Waals surface area contributed by atoms with E-state index < -0.39 is 0 Å². The lowest BCUT2D eigenvalue weighted by Gasteiger charge is -2.18. The molecule has 2 aromatic carbocycles. The second kappa shape index (κ2) is 7.06. The van der Waals surface area contributed by atoms with Crippen LogP contribution in [0.15, 0.2) is 65.6 Å². The standard InChI is InChI=1S/C25H19ClN4O/c26-20-12-16(11-17-13-27-30-23(17)20)22-19(10-14-6-7-14)18-8-9-21(31)28-25(18)29-24(22)15-4-2-1-3-5-15/h1-5,8-9,11-14H,6-7,10H2,(H,27,30)(H,28,29,31). The Hall–Kier alpha value is -3.44. The average molecular weight is 427 g/mol. The molecule has 1 aliphatic carbocycles. The molecule has 0 bridgehead atoms. The Morgan fingerprint density at radius 1 is 1.03 bits per heavy atom. The van der Waals surface area contributed by atoms with Crippen molar-refractivity contribution in [2.45, 2.75) is 19.3 Å². The van der Waals surface area contributed by atoms with Gasteiger partial charge in [-0.2, -0.15) is 5.10 Å². The van der Waals surface area contributed by atoms with Gasteiger partial charge >= 0.3 is 0 Å². The third-order valence-electron chi connectivity index (χ3n) is 6.01. The van der Waals surface area contributed by atoms with Gasteiger partial charge in [0.05, 0.1) is 22.4 Å². The van der Waals surface area contributed by atoms with Gasteiger partial charge < -0.3 is 4.98 Å². The molecule has 0 atom stereocenters. The molecule has 5 nitrogen and oxygen atoms in total. The maximum Gasteiger partial charge on any atom is 0.249 e. The van der Waals surface area contributed by atoms with E-state index in [0.29, 0.717) is 16.6 Å². The summed E-state index contributed by atoms with van der Waals surface area (Å²) in [7, 11) is 0. The van der Waals surface area contributed by atoms with Crippen LogP contribution in [0.25, 0.3) is 44.3 Å². The quantitative estimate of drug-likeness (QED) is 0.385. The molecule has 1 aliphatic rings. The lowest BCUT2D eigenvalue weighted by atomic mass is 9.89. The van der Waals surface area contributed by atoms with Gasteiger partial charge in [-0.05, 0) is 54.5 Å². The van der Waals surface area contributed by atoms with Crippen molar-refractivity contribution in [3.8, 4) is 22.4 Å². The maximum absolute atomic E-state index is 12.1. The number of halogens is 1. The van der Waals surface area contributed by atoms with E-state index in [1.165, 1.54) is 18.4 Å². The minimum atomic E-state index is -0.146. The molecule has 1 fully saturated rings. The number of aromatic nitrogens is 4. The fourth-order valence-electron chi connectivity index (χ4n) is 4.34. The first-order valence-corrected chi connectivity index (χ1v) is 10.8. The number of nitrogens with zero attached hydrogens (tertiary/aromatic N) is 2. The van der Waals surface area contributed by atoms with Gasteiger partial charge in [-0.25, -0.2) is 4.98 Å². The molecule has 152 valence electrons. The van der Waals surface area contributed by atoms with Crippen LogP contribution in [0.3, 0.4) is 0 Å². The van der Waals surface area contributed by atoms with Crippen LogP contribution in [0.2, 0.25) is 5.02 Å². The Kier molecular flexibility index (Phi) is 4.18. The molecule has 0 spiro atoms. The smallest absolute Gasteiger partial charge is 0.249 e. The SMILES string of the molecule is O=c1ccc2c(CC3CC3)c(-c3cc(Cl)c4[nH]ncc4c3)c(-c3ccccc3)nc2[nH]1. The molecular weight excluding hydrogens is 408 g/mol. The summed E-state index contributed by atoms with van der Waals surface area (Å²) in [6.07, 6.45) is 5.20. The summed E-state index contributed by atoms with van der Waals surface area (Å²) in [4.78, 5) is 20.0. The number of H-pyrrole nitrogens is 2. The zero-order chi connectivity index (χ0) is 20.9. The Morgan fingerprint density at radius 3 is 2.68 bits per heavy atom. The van der Waals surface area contributed by atoms with Crippen LogP contribution < -0.4 is 5.56 Å². The topological polar surface area (TPSA) is 74.4 Å². The molecule has 2 N–H and O–H groups in total. The highest BCUT2D eigenvalue weighted by atomic mass is 35.5. The van der Waals surface area contributed by atoms with Crippen molar-refractivity contribution >= 4 is 33.5 Å². The Labute approximate surface area is 183 Å². The van der Waals surface area contributed by atoms with Gasteiger partial charge in [0, 0.05) is 28.0 Å². The highest BCUT2D eigenvalue weighted by molar-refractivity contribution is 6.35. The molecule has 6 heteroatoms. The lowest BCUT2D eigenvalue weighted by Crippen LogP contribution is -2.08. The maximum atomic E-state index is 12.1. The number of nitrogens with one attached hydrogen (secondary N) is 2. The van der Waals surface area contributed by atoms with E-state index in [0.717, 1.165) is 45.1 Å². The zero-order valence-corrected chi connectivity index (χ0v) is 17.4. The molecule has 5 aromatic rings. The normalized spacial score (nSPS) is 13.8. The third kappa shape index (κ3) is 3.22. The van der Waals surface area contributed by atoms with Crippen LogP contribution in [0.1, 0.15) is 18.4 Å². The van der Waals surface area contributed by atoms with Crippen LogP contribution in [-0.2, 0) is 6.42 Å². The van der Waals surface area contributed by atoms with Gasteiger partial charge in [0.2, 0.25) is 5.56 Å². The van der Waals surface area contributed by atoms with Crippen molar-refractivity contribution in [1.29, 1.82) is 0 Å².